The fourth-order valence-corrected chi connectivity index (χ4v) is 4.22. The number of ether oxygens (including phenoxy) is 1. The minimum atomic E-state index is -3.65. The molecule has 0 radical (unpaired) electrons. The van der Waals surface area contributed by atoms with E-state index in [0.29, 0.717) is 21.2 Å². The van der Waals surface area contributed by atoms with Gasteiger partial charge in [-0.15, -0.1) is 11.3 Å². The van der Waals surface area contributed by atoms with Crippen LogP contribution in [0.2, 0.25) is 5.02 Å². The molecule has 0 fully saturated rings. The maximum atomic E-state index is 12.2. The summed E-state index contributed by atoms with van der Waals surface area (Å²) >= 11 is 7.09. The highest BCUT2D eigenvalue weighted by Gasteiger charge is 2.18. The summed E-state index contributed by atoms with van der Waals surface area (Å²) in [4.78, 5) is 0.589. The second-order valence-corrected chi connectivity index (χ2v) is 7.69. The van der Waals surface area contributed by atoms with Gasteiger partial charge in [-0.3, -0.25) is 0 Å². The van der Waals surface area contributed by atoms with Crippen LogP contribution in [-0.4, -0.2) is 20.6 Å². The summed E-state index contributed by atoms with van der Waals surface area (Å²) in [6.07, 6.45) is 0. The predicted octanol–water partition coefficient (Wildman–Crippen LogP) is 2.38. The summed E-state index contributed by atoms with van der Waals surface area (Å²) in [7, 11) is -2.15. The monoisotopic (exact) mass is 347 g/mol. The standard InChI is InChI=1S/C13H14ClNO4S2/c1-19-12-4-2-3-11(14)10(12)7-15-21(17,18)13-6-5-9(8-16)20-13/h2-6,15-16H,7-8H2,1H3. The predicted molar refractivity (Wildman–Crippen MR) is 82.3 cm³/mol. The van der Waals surface area contributed by atoms with Crippen LogP contribution in [0.5, 0.6) is 5.75 Å². The van der Waals surface area contributed by atoms with Crippen LogP contribution < -0.4 is 9.46 Å². The Kier molecular flexibility index (Phi) is 5.23. The molecular weight excluding hydrogens is 334 g/mol. The lowest BCUT2D eigenvalue weighted by atomic mass is 10.2. The molecule has 5 nitrogen and oxygen atoms in total. The summed E-state index contributed by atoms with van der Waals surface area (Å²) in [6.45, 7) is -0.157. The number of aliphatic hydroxyl groups excluding tert-OH is 1. The Hall–Kier alpha value is -1.12. The van der Waals surface area contributed by atoms with Crippen molar-refractivity contribution in [1.82, 2.24) is 4.72 Å². The number of sulfonamides is 1. The Morgan fingerprint density at radius 3 is 2.71 bits per heavy atom. The van der Waals surface area contributed by atoms with Crippen LogP contribution in [0.1, 0.15) is 10.4 Å². The molecule has 0 amide bonds. The number of methoxy groups -OCH3 is 1. The van der Waals surface area contributed by atoms with Crippen molar-refractivity contribution in [3.63, 3.8) is 0 Å². The Labute approximate surface area is 132 Å². The van der Waals surface area contributed by atoms with Gasteiger partial charge in [0.05, 0.1) is 13.7 Å². The van der Waals surface area contributed by atoms with Gasteiger partial charge in [0.25, 0.3) is 0 Å². The molecule has 8 heteroatoms. The number of thiophene rings is 1. The van der Waals surface area contributed by atoms with Gasteiger partial charge in [-0.05, 0) is 24.3 Å². The molecule has 2 N–H and O–H groups in total. The Morgan fingerprint density at radius 2 is 2.10 bits per heavy atom. The van der Waals surface area contributed by atoms with Gasteiger partial charge in [0.1, 0.15) is 9.96 Å². The van der Waals surface area contributed by atoms with Crippen LogP contribution in [0, 0.1) is 0 Å². The van der Waals surface area contributed by atoms with Crippen LogP contribution in [0.4, 0.5) is 0 Å². The van der Waals surface area contributed by atoms with Gasteiger partial charge >= 0.3 is 0 Å². The number of nitrogens with one attached hydrogen (secondary N) is 1. The summed E-state index contributed by atoms with van der Waals surface area (Å²) < 4.78 is 32.2. The molecule has 2 aromatic rings. The van der Waals surface area contributed by atoms with Crippen molar-refractivity contribution in [1.29, 1.82) is 0 Å². The molecule has 0 bridgehead atoms. The summed E-state index contributed by atoms with van der Waals surface area (Å²) in [6, 6.07) is 8.15. The molecule has 21 heavy (non-hydrogen) atoms. The lowest BCUT2D eigenvalue weighted by Gasteiger charge is -2.11. The van der Waals surface area contributed by atoms with Crippen molar-refractivity contribution in [2.75, 3.05) is 7.11 Å². The number of benzene rings is 1. The summed E-state index contributed by atoms with van der Waals surface area (Å²) in [5.74, 6) is 0.521. The van der Waals surface area contributed by atoms with Crippen molar-refractivity contribution >= 4 is 33.0 Å². The molecule has 0 saturated heterocycles. The maximum Gasteiger partial charge on any atom is 0.250 e. The van der Waals surface area contributed by atoms with Crippen molar-refractivity contribution in [2.24, 2.45) is 0 Å². The molecule has 2 rings (SSSR count). The van der Waals surface area contributed by atoms with Gasteiger partial charge in [-0.25, -0.2) is 13.1 Å². The van der Waals surface area contributed by atoms with Crippen LogP contribution >= 0.6 is 22.9 Å². The van der Waals surface area contributed by atoms with Gasteiger partial charge in [-0.1, -0.05) is 17.7 Å². The highest BCUT2D eigenvalue weighted by Crippen LogP contribution is 2.27. The number of aliphatic hydroxyl groups is 1. The van der Waals surface area contributed by atoms with Gasteiger partial charge in [-0.2, -0.15) is 0 Å². The highest BCUT2D eigenvalue weighted by molar-refractivity contribution is 7.91. The fourth-order valence-electron chi connectivity index (χ4n) is 1.73. The molecule has 0 atom stereocenters. The average Bonchev–Trinajstić information content (AvgIpc) is 2.95. The van der Waals surface area contributed by atoms with Crippen LogP contribution in [0.3, 0.4) is 0 Å². The molecule has 0 spiro atoms. The molecule has 1 heterocycles. The summed E-state index contributed by atoms with van der Waals surface area (Å²) in [5, 5.41) is 9.42. The number of rotatable bonds is 6. The summed E-state index contributed by atoms with van der Waals surface area (Å²) in [5.41, 5.74) is 0.573. The molecule has 0 aliphatic rings. The Balaban J connectivity index is 2.19. The van der Waals surface area contributed by atoms with Crippen molar-refractivity contribution in [3.8, 4) is 5.75 Å². The lowest BCUT2D eigenvalue weighted by molar-refractivity contribution is 0.285. The van der Waals surface area contributed by atoms with Gasteiger partial charge in [0.15, 0.2) is 0 Å². The third kappa shape index (κ3) is 3.75. The van der Waals surface area contributed by atoms with E-state index in [1.54, 1.807) is 24.3 Å². The lowest BCUT2D eigenvalue weighted by Crippen LogP contribution is -2.22. The van der Waals surface area contributed by atoms with E-state index in [1.807, 2.05) is 0 Å². The smallest absolute Gasteiger partial charge is 0.250 e. The first-order valence-corrected chi connectivity index (χ1v) is 8.66. The number of hydrogen-bond acceptors (Lipinski definition) is 5. The van der Waals surface area contributed by atoms with E-state index in [9.17, 15) is 8.42 Å². The quantitative estimate of drug-likeness (QED) is 0.841. The molecule has 1 aromatic carbocycles. The zero-order valence-corrected chi connectivity index (χ0v) is 13.6. The average molecular weight is 348 g/mol. The number of halogens is 1. The molecule has 1 aromatic heterocycles. The molecule has 114 valence electrons. The SMILES string of the molecule is COc1cccc(Cl)c1CNS(=O)(=O)c1ccc(CO)s1. The molecule has 0 aliphatic carbocycles. The van der Waals surface area contributed by atoms with Crippen LogP contribution in [0.15, 0.2) is 34.5 Å². The molecule has 0 aliphatic heterocycles. The normalized spacial score (nSPS) is 11.6. The molecular formula is C13H14ClNO4S2. The van der Waals surface area contributed by atoms with Gasteiger partial charge in [0.2, 0.25) is 10.0 Å². The first-order chi connectivity index (χ1) is 9.97. The molecule has 0 unspecified atom stereocenters. The molecule has 0 saturated carbocycles. The van der Waals surface area contributed by atoms with Crippen molar-refractivity contribution < 1.29 is 18.3 Å². The van der Waals surface area contributed by atoms with Crippen molar-refractivity contribution in [3.05, 3.63) is 45.8 Å². The second-order valence-electron chi connectivity index (χ2n) is 4.12. The van der Waals surface area contributed by atoms with Crippen LogP contribution in [-0.2, 0) is 23.2 Å². The van der Waals surface area contributed by atoms with E-state index in [-0.39, 0.29) is 17.4 Å². The third-order valence-electron chi connectivity index (χ3n) is 2.79. The van der Waals surface area contributed by atoms with Crippen LogP contribution in [0.25, 0.3) is 0 Å². The topological polar surface area (TPSA) is 75.6 Å². The second kappa shape index (κ2) is 6.76. The Bertz CT molecular complexity index is 728. The zero-order chi connectivity index (χ0) is 15.5. The first-order valence-electron chi connectivity index (χ1n) is 5.98. The highest BCUT2D eigenvalue weighted by atomic mass is 35.5. The maximum absolute atomic E-state index is 12.2. The van der Waals surface area contributed by atoms with Gasteiger partial charge < -0.3 is 9.84 Å². The Morgan fingerprint density at radius 1 is 1.33 bits per heavy atom. The largest absolute Gasteiger partial charge is 0.496 e. The van der Waals surface area contributed by atoms with E-state index >= 15 is 0 Å². The van der Waals surface area contributed by atoms with E-state index < -0.39 is 10.0 Å². The van der Waals surface area contributed by atoms with E-state index in [1.165, 1.54) is 13.2 Å². The first kappa shape index (κ1) is 16.3. The fraction of sp³-hybridized carbons (Fsp3) is 0.231. The zero-order valence-electron chi connectivity index (χ0n) is 11.2. The van der Waals surface area contributed by atoms with E-state index in [2.05, 4.69) is 4.72 Å². The van der Waals surface area contributed by atoms with E-state index in [4.69, 9.17) is 21.4 Å². The minimum Gasteiger partial charge on any atom is -0.496 e. The van der Waals surface area contributed by atoms with Gasteiger partial charge in [0, 0.05) is 22.0 Å². The minimum absolute atomic E-state index is 0.0253. The van der Waals surface area contributed by atoms with E-state index in [0.717, 1.165) is 11.3 Å². The third-order valence-corrected chi connectivity index (χ3v) is 6.11. The van der Waals surface area contributed by atoms with Crippen molar-refractivity contribution in [2.45, 2.75) is 17.4 Å². The number of hydrogen-bond donors (Lipinski definition) is 2.